The standard InChI is InChI=1S/C23H25N3O3S2/c1-16-11-13-20(14-12-16)31(28,29)25-15-7-10-21(25)23(27)26-18(3)22(17(2)24-26)30-19-8-5-4-6-9-19/h4-6,8-9,11-14,21H,7,10,15H2,1-3H3/t21-/m1/s1. The molecule has 0 aliphatic carbocycles. The molecule has 0 saturated carbocycles. The average Bonchev–Trinajstić information content (AvgIpc) is 3.36. The first kappa shape index (κ1) is 21.8. The summed E-state index contributed by atoms with van der Waals surface area (Å²) in [6.45, 7) is 5.97. The minimum atomic E-state index is -3.76. The summed E-state index contributed by atoms with van der Waals surface area (Å²) in [5.74, 6) is -0.298. The maximum Gasteiger partial charge on any atom is 0.265 e. The average molecular weight is 456 g/mol. The Balaban J connectivity index is 1.63. The van der Waals surface area contributed by atoms with Gasteiger partial charge in [-0.1, -0.05) is 47.7 Å². The van der Waals surface area contributed by atoms with Crippen molar-refractivity contribution in [1.29, 1.82) is 0 Å². The lowest BCUT2D eigenvalue weighted by Crippen LogP contribution is -2.43. The molecule has 2 aromatic carbocycles. The Bertz CT molecular complexity index is 1200. The fourth-order valence-electron chi connectivity index (χ4n) is 3.86. The molecule has 1 aliphatic heterocycles. The third-order valence-corrected chi connectivity index (χ3v) is 8.74. The molecule has 8 heteroatoms. The van der Waals surface area contributed by atoms with Gasteiger partial charge in [0.05, 0.1) is 21.2 Å². The van der Waals surface area contributed by atoms with Crippen molar-refractivity contribution in [2.75, 3.05) is 6.54 Å². The quantitative estimate of drug-likeness (QED) is 0.568. The lowest BCUT2D eigenvalue weighted by molar-refractivity contribution is 0.0813. The predicted molar refractivity (Wildman–Crippen MR) is 121 cm³/mol. The first-order chi connectivity index (χ1) is 14.8. The Kier molecular flexibility index (Phi) is 6.05. The van der Waals surface area contributed by atoms with Crippen LogP contribution in [0.25, 0.3) is 0 Å². The van der Waals surface area contributed by atoms with Gasteiger partial charge in [0.15, 0.2) is 0 Å². The molecule has 1 aliphatic rings. The Morgan fingerprint density at radius 2 is 1.71 bits per heavy atom. The molecular formula is C23H25N3O3S2. The molecule has 162 valence electrons. The predicted octanol–water partition coefficient (Wildman–Crippen LogP) is 4.45. The maximum absolute atomic E-state index is 13.4. The molecule has 0 radical (unpaired) electrons. The number of aryl methyl sites for hydroxylation is 2. The summed E-state index contributed by atoms with van der Waals surface area (Å²) < 4.78 is 29.2. The molecule has 0 spiro atoms. The van der Waals surface area contributed by atoms with Crippen LogP contribution < -0.4 is 0 Å². The summed E-state index contributed by atoms with van der Waals surface area (Å²) in [7, 11) is -3.76. The smallest absolute Gasteiger partial charge is 0.265 e. The summed E-state index contributed by atoms with van der Waals surface area (Å²) in [4.78, 5) is 15.6. The number of rotatable bonds is 5. The third kappa shape index (κ3) is 4.20. The maximum atomic E-state index is 13.4. The van der Waals surface area contributed by atoms with E-state index >= 15 is 0 Å². The van der Waals surface area contributed by atoms with E-state index in [0.717, 1.165) is 26.7 Å². The highest BCUT2D eigenvalue weighted by atomic mass is 32.2. The van der Waals surface area contributed by atoms with E-state index in [1.807, 2.05) is 51.1 Å². The van der Waals surface area contributed by atoms with Crippen LogP contribution in [0.1, 0.15) is 34.6 Å². The van der Waals surface area contributed by atoms with Gasteiger partial charge in [0.25, 0.3) is 5.91 Å². The fraction of sp³-hybridized carbons (Fsp3) is 0.304. The summed E-state index contributed by atoms with van der Waals surface area (Å²) >= 11 is 1.56. The van der Waals surface area contributed by atoms with E-state index in [1.165, 1.54) is 8.99 Å². The van der Waals surface area contributed by atoms with Gasteiger partial charge in [-0.05, 0) is 57.9 Å². The number of carbonyl (C=O) groups is 1. The zero-order chi connectivity index (χ0) is 22.2. The van der Waals surface area contributed by atoms with E-state index in [2.05, 4.69) is 5.10 Å². The van der Waals surface area contributed by atoms with E-state index < -0.39 is 16.1 Å². The Labute approximate surface area is 187 Å². The van der Waals surface area contributed by atoms with Gasteiger partial charge in [-0.2, -0.15) is 9.40 Å². The minimum Gasteiger partial charge on any atom is -0.271 e. The molecule has 6 nitrogen and oxygen atoms in total. The van der Waals surface area contributed by atoms with Gasteiger partial charge in [-0.3, -0.25) is 4.79 Å². The van der Waals surface area contributed by atoms with Crippen molar-refractivity contribution in [3.8, 4) is 0 Å². The van der Waals surface area contributed by atoms with Crippen LogP contribution in [0.3, 0.4) is 0 Å². The molecule has 31 heavy (non-hydrogen) atoms. The number of hydrogen-bond donors (Lipinski definition) is 0. The van der Waals surface area contributed by atoms with E-state index in [0.29, 0.717) is 19.4 Å². The molecule has 0 amide bonds. The number of benzene rings is 2. The van der Waals surface area contributed by atoms with Crippen LogP contribution in [0, 0.1) is 20.8 Å². The van der Waals surface area contributed by atoms with E-state index in [-0.39, 0.29) is 10.8 Å². The van der Waals surface area contributed by atoms with Gasteiger partial charge >= 0.3 is 0 Å². The van der Waals surface area contributed by atoms with Crippen LogP contribution in [0.5, 0.6) is 0 Å². The van der Waals surface area contributed by atoms with Crippen molar-refractivity contribution in [2.24, 2.45) is 0 Å². The molecule has 0 bridgehead atoms. The van der Waals surface area contributed by atoms with Crippen LogP contribution in [0.15, 0.2) is 69.3 Å². The highest BCUT2D eigenvalue weighted by Crippen LogP contribution is 2.34. The first-order valence-electron chi connectivity index (χ1n) is 10.2. The number of sulfonamides is 1. The highest BCUT2D eigenvalue weighted by Gasteiger charge is 2.41. The summed E-state index contributed by atoms with van der Waals surface area (Å²) in [6.07, 6.45) is 1.13. The Hall–Kier alpha value is -2.42. The topological polar surface area (TPSA) is 72.3 Å². The first-order valence-corrected chi connectivity index (χ1v) is 12.5. The van der Waals surface area contributed by atoms with E-state index in [1.54, 1.807) is 36.0 Å². The molecule has 2 heterocycles. The summed E-state index contributed by atoms with van der Waals surface area (Å²) in [6, 6.07) is 15.9. The number of nitrogens with zero attached hydrogens (tertiary/aromatic N) is 3. The van der Waals surface area contributed by atoms with Crippen LogP contribution in [0.4, 0.5) is 0 Å². The lowest BCUT2D eigenvalue weighted by atomic mass is 10.2. The van der Waals surface area contributed by atoms with Crippen molar-refractivity contribution in [1.82, 2.24) is 14.1 Å². The second-order valence-electron chi connectivity index (χ2n) is 7.75. The Morgan fingerprint density at radius 1 is 1.03 bits per heavy atom. The van der Waals surface area contributed by atoms with Crippen LogP contribution in [-0.2, 0) is 10.0 Å². The molecule has 1 aromatic heterocycles. The fourth-order valence-corrected chi connectivity index (χ4v) is 6.46. The van der Waals surface area contributed by atoms with E-state index in [4.69, 9.17) is 0 Å². The highest BCUT2D eigenvalue weighted by molar-refractivity contribution is 7.99. The lowest BCUT2D eigenvalue weighted by Gasteiger charge is -2.23. The number of hydrogen-bond acceptors (Lipinski definition) is 5. The summed E-state index contributed by atoms with van der Waals surface area (Å²) in [5, 5.41) is 4.48. The van der Waals surface area contributed by atoms with Crippen molar-refractivity contribution < 1.29 is 13.2 Å². The monoisotopic (exact) mass is 455 g/mol. The van der Waals surface area contributed by atoms with Crippen molar-refractivity contribution in [3.63, 3.8) is 0 Å². The summed E-state index contributed by atoms with van der Waals surface area (Å²) in [5.41, 5.74) is 2.47. The molecular weight excluding hydrogens is 430 g/mol. The van der Waals surface area contributed by atoms with Gasteiger partial charge in [0.1, 0.15) is 6.04 Å². The van der Waals surface area contributed by atoms with Crippen LogP contribution in [0.2, 0.25) is 0 Å². The van der Waals surface area contributed by atoms with Crippen molar-refractivity contribution >= 4 is 27.7 Å². The minimum absolute atomic E-state index is 0.214. The van der Waals surface area contributed by atoms with Gasteiger partial charge in [-0.25, -0.2) is 13.1 Å². The molecule has 4 rings (SSSR count). The largest absolute Gasteiger partial charge is 0.271 e. The molecule has 0 unspecified atom stereocenters. The number of aromatic nitrogens is 2. The van der Waals surface area contributed by atoms with Gasteiger partial charge < -0.3 is 0 Å². The molecule has 0 N–H and O–H groups in total. The van der Waals surface area contributed by atoms with Gasteiger partial charge in [0.2, 0.25) is 10.0 Å². The second kappa shape index (κ2) is 8.61. The molecule has 1 saturated heterocycles. The normalized spacial score (nSPS) is 17.2. The third-order valence-electron chi connectivity index (χ3n) is 5.51. The number of carbonyl (C=O) groups excluding carboxylic acids is 1. The second-order valence-corrected chi connectivity index (χ2v) is 10.7. The molecule has 1 atom stereocenters. The van der Waals surface area contributed by atoms with E-state index in [9.17, 15) is 13.2 Å². The van der Waals surface area contributed by atoms with Crippen LogP contribution in [-0.4, -0.2) is 41.0 Å². The van der Waals surface area contributed by atoms with Gasteiger partial charge in [0, 0.05) is 11.4 Å². The zero-order valence-electron chi connectivity index (χ0n) is 17.8. The van der Waals surface area contributed by atoms with Crippen molar-refractivity contribution in [3.05, 3.63) is 71.5 Å². The Morgan fingerprint density at radius 3 is 2.39 bits per heavy atom. The van der Waals surface area contributed by atoms with Crippen LogP contribution >= 0.6 is 11.8 Å². The molecule has 1 fully saturated rings. The molecule has 3 aromatic rings. The SMILES string of the molecule is Cc1ccc(S(=O)(=O)N2CCC[C@@H]2C(=O)n2nc(C)c(Sc3ccccc3)c2C)cc1. The zero-order valence-corrected chi connectivity index (χ0v) is 19.4. The van der Waals surface area contributed by atoms with Gasteiger partial charge in [-0.15, -0.1) is 0 Å². The van der Waals surface area contributed by atoms with Crippen molar-refractivity contribution in [2.45, 2.75) is 54.3 Å².